The highest BCUT2D eigenvalue weighted by atomic mass is 32.2. The first-order valence-corrected chi connectivity index (χ1v) is 7.47. The van der Waals surface area contributed by atoms with Gasteiger partial charge in [-0.1, -0.05) is 6.07 Å². The summed E-state index contributed by atoms with van der Waals surface area (Å²) in [6, 6.07) is 4.75. The van der Waals surface area contributed by atoms with E-state index < -0.39 is 27.5 Å². The van der Waals surface area contributed by atoms with E-state index in [1.807, 2.05) is 0 Å². The molecule has 19 heavy (non-hydrogen) atoms. The predicted molar refractivity (Wildman–Crippen MR) is 69.2 cm³/mol. The Labute approximate surface area is 112 Å². The summed E-state index contributed by atoms with van der Waals surface area (Å²) in [6.45, 7) is 1.13. The number of hydrogen-bond donors (Lipinski definition) is 2. The standard InChI is InChI=1S/C12H18FNO4S/c1-18-6-5-14-8-11(15)9-19(16,17)12-4-2-3-10(13)7-12/h2-4,7,11,14-15H,5-6,8-9H2,1H3. The highest BCUT2D eigenvalue weighted by Crippen LogP contribution is 2.13. The molecule has 0 aromatic heterocycles. The van der Waals surface area contributed by atoms with Crippen molar-refractivity contribution in [2.75, 3.05) is 32.6 Å². The normalized spacial score (nSPS) is 13.4. The molecule has 0 aliphatic heterocycles. The van der Waals surface area contributed by atoms with Gasteiger partial charge in [0.25, 0.3) is 0 Å². The van der Waals surface area contributed by atoms with Gasteiger partial charge in [0.1, 0.15) is 5.82 Å². The second kappa shape index (κ2) is 7.54. The van der Waals surface area contributed by atoms with Gasteiger partial charge >= 0.3 is 0 Å². The summed E-state index contributed by atoms with van der Waals surface area (Å²) < 4.78 is 41.6. The Bertz CT molecular complexity index is 492. The van der Waals surface area contributed by atoms with Crippen LogP contribution in [0.4, 0.5) is 4.39 Å². The molecule has 1 atom stereocenters. The summed E-state index contributed by atoms with van der Waals surface area (Å²) in [6.07, 6.45) is -1.05. The van der Waals surface area contributed by atoms with Gasteiger partial charge in [-0.05, 0) is 18.2 Å². The van der Waals surface area contributed by atoms with Crippen molar-refractivity contribution in [1.82, 2.24) is 5.32 Å². The van der Waals surface area contributed by atoms with Crippen LogP contribution in [-0.2, 0) is 14.6 Å². The molecule has 5 nitrogen and oxygen atoms in total. The van der Waals surface area contributed by atoms with Gasteiger partial charge in [0, 0.05) is 20.2 Å². The van der Waals surface area contributed by atoms with Gasteiger partial charge in [0.2, 0.25) is 0 Å². The Morgan fingerprint density at radius 3 is 2.84 bits per heavy atom. The molecule has 108 valence electrons. The maximum Gasteiger partial charge on any atom is 0.181 e. The molecule has 2 N–H and O–H groups in total. The van der Waals surface area contributed by atoms with Gasteiger partial charge in [-0.25, -0.2) is 12.8 Å². The fourth-order valence-corrected chi connectivity index (χ4v) is 2.91. The molecule has 0 heterocycles. The van der Waals surface area contributed by atoms with E-state index in [2.05, 4.69) is 5.32 Å². The first-order chi connectivity index (χ1) is 8.95. The molecule has 0 saturated carbocycles. The van der Waals surface area contributed by atoms with Crippen molar-refractivity contribution < 1.29 is 22.7 Å². The maximum atomic E-state index is 13.0. The van der Waals surface area contributed by atoms with Crippen LogP contribution in [0, 0.1) is 5.82 Å². The minimum atomic E-state index is -3.69. The van der Waals surface area contributed by atoms with Gasteiger partial charge in [0.05, 0.1) is 23.4 Å². The van der Waals surface area contributed by atoms with Crippen molar-refractivity contribution in [3.8, 4) is 0 Å². The zero-order valence-electron chi connectivity index (χ0n) is 10.7. The van der Waals surface area contributed by atoms with E-state index in [4.69, 9.17) is 4.74 Å². The lowest BCUT2D eigenvalue weighted by molar-refractivity contribution is 0.174. The van der Waals surface area contributed by atoms with E-state index in [-0.39, 0.29) is 11.4 Å². The second-order valence-corrected chi connectivity index (χ2v) is 6.12. The van der Waals surface area contributed by atoms with Crippen LogP contribution >= 0.6 is 0 Å². The van der Waals surface area contributed by atoms with E-state index in [0.29, 0.717) is 13.2 Å². The van der Waals surface area contributed by atoms with Crippen LogP contribution in [0.3, 0.4) is 0 Å². The van der Waals surface area contributed by atoms with Crippen molar-refractivity contribution in [3.05, 3.63) is 30.1 Å². The number of hydrogen-bond acceptors (Lipinski definition) is 5. The first-order valence-electron chi connectivity index (χ1n) is 5.82. The number of aliphatic hydroxyl groups excluding tert-OH is 1. The summed E-state index contributed by atoms with van der Waals surface area (Å²) in [5.74, 6) is -1.06. The lowest BCUT2D eigenvalue weighted by Crippen LogP contribution is -2.34. The molecule has 0 saturated heterocycles. The van der Waals surface area contributed by atoms with Crippen molar-refractivity contribution in [2.45, 2.75) is 11.0 Å². The number of rotatable bonds is 8. The molecule has 0 aliphatic carbocycles. The van der Waals surface area contributed by atoms with Crippen LogP contribution in [0.2, 0.25) is 0 Å². The van der Waals surface area contributed by atoms with Crippen molar-refractivity contribution in [1.29, 1.82) is 0 Å². The van der Waals surface area contributed by atoms with Crippen LogP contribution < -0.4 is 5.32 Å². The maximum absolute atomic E-state index is 13.0. The molecule has 0 radical (unpaired) electrons. The highest BCUT2D eigenvalue weighted by molar-refractivity contribution is 7.91. The number of ether oxygens (including phenoxy) is 1. The minimum absolute atomic E-state index is 0.122. The largest absolute Gasteiger partial charge is 0.391 e. The molecule has 0 aliphatic rings. The minimum Gasteiger partial charge on any atom is -0.391 e. The number of nitrogens with one attached hydrogen (secondary N) is 1. The zero-order chi connectivity index (χ0) is 14.3. The Balaban J connectivity index is 2.55. The van der Waals surface area contributed by atoms with Gasteiger partial charge in [0.15, 0.2) is 9.84 Å². The zero-order valence-corrected chi connectivity index (χ0v) is 11.5. The van der Waals surface area contributed by atoms with Crippen LogP contribution in [-0.4, -0.2) is 52.2 Å². The fourth-order valence-electron chi connectivity index (χ4n) is 1.51. The molecule has 1 aromatic rings. The topological polar surface area (TPSA) is 75.6 Å². The van der Waals surface area contributed by atoms with Crippen molar-refractivity contribution in [3.63, 3.8) is 0 Å². The average molecular weight is 291 g/mol. The van der Waals surface area contributed by atoms with Gasteiger partial charge in [-0.15, -0.1) is 0 Å². The van der Waals surface area contributed by atoms with Crippen LogP contribution in [0.5, 0.6) is 0 Å². The van der Waals surface area contributed by atoms with Crippen LogP contribution in [0.15, 0.2) is 29.2 Å². The van der Waals surface area contributed by atoms with E-state index in [0.717, 1.165) is 6.07 Å². The number of aliphatic hydroxyl groups is 1. The molecule has 0 amide bonds. The highest BCUT2D eigenvalue weighted by Gasteiger charge is 2.19. The molecular weight excluding hydrogens is 273 g/mol. The monoisotopic (exact) mass is 291 g/mol. The van der Waals surface area contributed by atoms with E-state index in [1.54, 1.807) is 7.11 Å². The van der Waals surface area contributed by atoms with E-state index >= 15 is 0 Å². The lowest BCUT2D eigenvalue weighted by atomic mass is 10.3. The molecular formula is C12H18FNO4S. The molecule has 0 bridgehead atoms. The van der Waals surface area contributed by atoms with Crippen LogP contribution in [0.25, 0.3) is 0 Å². The Morgan fingerprint density at radius 2 is 2.21 bits per heavy atom. The molecule has 1 aromatic carbocycles. The summed E-state index contributed by atoms with van der Waals surface area (Å²) in [5, 5.41) is 12.5. The third-order valence-electron chi connectivity index (χ3n) is 2.43. The van der Waals surface area contributed by atoms with Crippen LogP contribution in [0.1, 0.15) is 0 Å². The van der Waals surface area contributed by atoms with Gasteiger partial charge in [-0.3, -0.25) is 0 Å². The Hall–Kier alpha value is -1.02. The molecule has 0 spiro atoms. The van der Waals surface area contributed by atoms with Gasteiger partial charge in [-0.2, -0.15) is 0 Å². The summed E-state index contributed by atoms with van der Waals surface area (Å²) in [5.41, 5.74) is 0. The smallest absolute Gasteiger partial charge is 0.181 e. The number of halogens is 1. The Morgan fingerprint density at radius 1 is 1.47 bits per heavy atom. The average Bonchev–Trinajstić information content (AvgIpc) is 2.34. The first kappa shape index (κ1) is 16.0. The molecule has 1 rings (SSSR count). The molecule has 0 fully saturated rings. The third-order valence-corrected chi connectivity index (χ3v) is 4.23. The lowest BCUT2D eigenvalue weighted by Gasteiger charge is -2.12. The fraction of sp³-hybridized carbons (Fsp3) is 0.500. The van der Waals surface area contributed by atoms with Crippen molar-refractivity contribution in [2.24, 2.45) is 0 Å². The number of sulfone groups is 1. The number of benzene rings is 1. The second-order valence-electron chi connectivity index (χ2n) is 4.09. The Kier molecular flexibility index (Phi) is 6.36. The molecule has 1 unspecified atom stereocenters. The quantitative estimate of drug-likeness (QED) is 0.669. The molecule has 7 heteroatoms. The third kappa shape index (κ3) is 5.65. The predicted octanol–water partition coefficient (Wildman–Crippen LogP) is 0.196. The van der Waals surface area contributed by atoms with E-state index in [1.165, 1.54) is 18.2 Å². The van der Waals surface area contributed by atoms with Crippen molar-refractivity contribution >= 4 is 9.84 Å². The SMILES string of the molecule is COCCNCC(O)CS(=O)(=O)c1cccc(F)c1. The summed E-state index contributed by atoms with van der Waals surface area (Å²) >= 11 is 0. The summed E-state index contributed by atoms with van der Waals surface area (Å²) in [4.78, 5) is -0.122. The van der Waals surface area contributed by atoms with E-state index in [9.17, 15) is 17.9 Å². The van der Waals surface area contributed by atoms with Gasteiger partial charge < -0.3 is 15.2 Å². The summed E-state index contributed by atoms with van der Waals surface area (Å²) in [7, 11) is -2.14. The number of methoxy groups -OCH3 is 1.